The molecule has 1 radical (unpaired) electrons. The topological polar surface area (TPSA) is 89.4 Å². The van der Waals surface area contributed by atoms with Gasteiger partial charge in [-0.05, 0) is 12.1 Å². The van der Waals surface area contributed by atoms with Gasteiger partial charge in [-0.2, -0.15) is 0 Å². The maximum atomic E-state index is 10.2. The summed E-state index contributed by atoms with van der Waals surface area (Å²) in [7, 11) is 0. The molecule has 6 heteroatoms. The van der Waals surface area contributed by atoms with Gasteiger partial charge in [-0.15, -0.1) is 0 Å². The Morgan fingerprint density at radius 1 is 1.50 bits per heavy atom. The zero-order valence-electron chi connectivity index (χ0n) is 6.52. The molecule has 0 fully saturated rings. The Kier molecular flexibility index (Phi) is 4.02. The number of hydrogen-bond acceptors (Lipinski definition) is 4. The van der Waals surface area contributed by atoms with E-state index in [4.69, 9.17) is 10.8 Å². The SMILES string of the molecule is Nc1ccc(O)c([N+](=O)[O-])c1.[Na]. The van der Waals surface area contributed by atoms with Crippen molar-refractivity contribution in [2.45, 2.75) is 0 Å². The molecule has 0 atom stereocenters. The fourth-order valence-corrected chi connectivity index (χ4v) is 0.687. The van der Waals surface area contributed by atoms with Gasteiger partial charge in [0.05, 0.1) is 4.92 Å². The number of benzene rings is 1. The second-order valence-electron chi connectivity index (χ2n) is 2.01. The van der Waals surface area contributed by atoms with E-state index in [1.165, 1.54) is 12.1 Å². The summed E-state index contributed by atoms with van der Waals surface area (Å²) in [6.45, 7) is 0. The third-order valence-electron chi connectivity index (χ3n) is 1.20. The standard InChI is InChI=1S/C6H6N2O3.Na/c7-4-1-2-6(9)5(3-4)8(10)11;/h1-3,9H,7H2;. The van der Waals surface area contributed by atoms with Gasteiger partial charge in [-0.25, -0.2) is 0 Å². The minimum Gasteiger partial charge on any atom is -0.502 e. The van der Waals surface area contributed by atoms with E-state index >= 15 is 0 Å². The number of nitro groups is 1. The molecule has 0 aromatic heterocycles. The van der Waals surface area contributed by atoms with Gasteiger partial charge in [-0.3, -0.25) is 10.1 Å². The fourth-order valence-electron chi connectivity index (χ4n) is 0.687. The average molecular weight is 177 g/mol. The van der Waals surface area contributed by atoms with Gasteiger partial charge in [0.15, 0.2) is 5.75 Å². The number of nitro benzene ring substituents is 1. The second-order valence-corrected chi connectivity index (χ2v) is 2.01. The van der Waals surface area contributed by atoms with Gasteiger partial charge in [0, 0.05) is 41.3 Å². The zero-order valence-corrected chi connectivity index (χ0v) is 8.52. The van der Waals surface area contributed by atoms with Gasteiger partial charge in [0.25, 0.3) is 0 Å². The monoisotopic (exact) mass is 177 g/mol. The summed E-state index contributed by atoms with van der Waals surface area (Å²) in [5.74, 6) is -0.371. The molecule has 0 aliphatic heterocycles. The number of nitrogens with zero attached hydrogens (tertiary/aromatic N) is 1. The summed E-state index contributed by atoms with van der Waals surface area (Å²) >= 11 is 0. The molecule has 0 spiro atoms. The van der Waals surface area contributed by atoms with Gasteiger partial charge >= 0.3 is 5.69 Å². The molecule has 1 aromatic carbocycles. The summed E-state index contributed by atoms with van der Waals surface area (Å²) < 4.78 is 0. The second kappa shape index (κ2) is 4.30. The molecule has 5 nitrogen and oxygen atoms in total. The van der Waals surface area contributed by atoms with Gasteiger partial charge in [0.2, 0.25) is 0 Å². The fraction of sp³-hybridized carbons (Fsp3) is 0. The van der Waals surface area contributed by atoms with Crippen LogP contribution >= 0.6 is 0 Å². The Morgan fingerprint density at radius 3 is 2.50 bits per heavy atom. The van der Waals surface area contributed by atoms with Gasteiger partial charge in [-0.1, -0.05) is 0 Å². The number of aromatic hydroxyl groups is 1. The summed E-state index contributed by atoms with van der Waals surface area (Å²) in [5.41, 5.74) is 5.14. The van der Waals surface area contributed by atoms with Crippen LogP contribution in [0, 0.1) is 10.1 Å². The van der Waals surface area contributed by atoms with Crippen LogP contribution in [0.5, 0.6) is 5.75 Å². The van der Waals surface area contributed by atoms with Crippen LogP contribution in [0.3, 0.4) is 0 Å². The minimum atomic E-state index is -0.689. The van der Waals surface area contributed by atoms with Crippen LogP contribution in [0.4, 0.5) is 11.4 Å². The van der Waals surface area contributed by atoms with E-state index in [0.717, 1.165) is 6.07 Å². The number of hydrogen-bond donors (Lipinski definition) is 2. The number of phenols is 1. The molecule has 1 aromatic rings. The molecule has 59 valence electrons. The molecule has 0 saturated carbocycles. The summed E-state index contributed by atoms with van der Waals surface area (Å²) in [5, 5.41) is 19.1. The van der Waals surface area contributed by atoms with Crippen molar-refractivity contribution in [1.82, 2.24) is 0 Å². The predicted octanol–water partition coefficient (Wildman–Crippen LogP) is 0.502. The third kappa shape index (κ3) is 2.37. The number of nitrogens with two attached hydrogens (primary N) is 1. The molecule has 12 heavy (non-hydrogen) atoms. The molecule has 0 saturated heterocycles. The van der Waals surface area contributed by atoms with Crippen LogP contribution in [0.15, 0.2) is 18.2 Å². The van der Waals surface area contributed by atoms with E-state index in [2.05, 4.69) is 0 Å². The van der Waals surface area contributed by atoms with Crippen LogP contribution in [0.25, 0.3) is 0 Å². The Bertz CT molecular complexity index is 303. The Hall–Kier alpha value is -0.780. The van der Waals surface area contributed by atoms with E-state index in [-0.39, 0.29) is 46.7 Å². The quantitative estimate of drug-likeness (QED) is 0.215. The van der Waals surface area contributed by atoms with Gasteiger partial charge < -0.3 is 10.8 Å². The van der Waals surface area contributed by atoms with Crippen LogP contribution in [0.1, 0.15) is 0 Å². The first-order valence-electron chi connectivity index (χ1n) is 2.84. The first-order chi connectivity index (χ1) is 5.11. The molecule has 1 rings (SSSR count). The van der Waals surface area contributed by atoms with Crippen LogP contribution in [0.2, 0.25) is 0 Å². The van der Waals surface area contributed by atoms with E-state index in [0.29, 0.717) is 0 Å². The third-order valence-corrected chi connectivity index (χ3v) is 1.20. The number of anilines is 1. The summed E-state index contributed by atoms with van der Waals surface area (Å²) in [4.78, 5) is 9.48. The van der Waals surface area contributed by atoms with Crippen molar-refractivity contribution >= 4 is 40.9 Å². The van der Waals surface area contributed by atoms with Gasteiger partial charge in [0.1, 0.15) is 0 Å². The van der Waals surface area contributed by atoms with Crippen LogP contribution in [-0.2, 0) is 0 Å². The molecular weight excluding hydrogens is 171 g/mol. The minimum absolute atomic E-state index is 0. The first-order valence-corrected chi connectivity index (χ1v) is 2.84. The van der Waals surface area contributed by atoms with E-state index in [9.17, 15) is 10.1 Å². The number of rotatable bonds is 1. The van der Waals surface area contributed by atoms with Crippen LogP contribution in [-0.4, -0.2) is 39.6 Å². The smallest absolute Gasteiger partial charge is 0.312 e. The predicted molar refractivity (Wildman–Crippen MR) is 44.9 cm³/mol. The van der Waals surface area contributed by atoms with Crippen molar-refractivity contribution in [2.75, 3.05) is 5.73 Å². The first kappa shape index (κ1) is 11.2. The van der Waals surface area contributed by atoms with Crippen molar-refractivity contribution in [3.63, 3.8) is 0 Å². The van der Waals surface area contributed by atoms with E-state index in [1.807, 2.05) is 0 Å². The van der Waals surface area contributed by atoms with Crippen molar-refractivity contribution in [2.24, 2.45) is 0 Å². The zero-order chi connectivity index (χ0) is 8.43. The molecule has 0 unspecified atom stereocenters. The van der Waals surface area contributed by atoms with E-state index in [1.54, 1.807) is 0 Å². The molecule has 0 aliphatic rings. The molecule has 0 aliphatic carbocycles. The number of phenolic OH excluding ortho intramolecular Hbond substituents is 1. The van der Waals surface area contributed by atoms with Crippen LogP contribution < -0.4 is 5.73 Å². The molecular formula is C6H6N2NaO3. The maximum absolute atomic E-state index is 10.2. The molecule has 0 heterocycles. The van der Waals surface area contributed by atoms with E-state index < -0.39 is 4.92 Å². The normalized spacial score (nSPS) is 8.67. The largest absolute Gasteiger partial charge is 0.502 e. The molecule has 0 bridgehead atoms. The summed E-state index contributed by atoms with van der Waals surface area (Å²) in [6.07, 6.45) is 0. The summed E-state index contributed by atoms with van der Waals surface area (Å²) in [6, 6.07) is 3.69. The van der Waals surface area contributed by atoms with Crippen molar-refractivity contribution in [1.29, 1.82) is 0 Å². The molecule has 0 amide bonds. The Balaban J connectivity index is 0.00000121. The molecule has 3 N–H and O–H groups in total. The number of nitrogen functional groups attached to an aromatic ring is 1. The van der Waals surface area contributed by atoms with Crippen molar-refractivity contribution in [3.05, 3.63) is 28.3 Å². The average Bonchev–Trinajstić information content (AvgIpc) is 1.94. The van der Waals surface area contributed by atoms with Crippen molar-refractivity contribution < 1.29 is 10.0 Å². The Labute approximate surface area is 90.6 Å². The van der Waals surface area contributed by atoms with Crippen molar-refractivity contribution in [3.8, 4) is 5.75 Å². The maximum Gasteiger partial charge on any atom is 0.312 e. The Morgan fingerprint density at radius 2 is 2.08 bits per heavy atom.